The van der Waals surface area contributed by atoms with Crippen LogP contribution in [0.1, 0.15) is 22.3 Å². The maximum absolute atomic E-state index is 14.2. The van der Waals surface area contributed by atoms with Crippen molar-refractivity contribution >= 4 is 55.3 Å². The lowest BCUT2D eigenvalue weighted by atomic mass is 9.62. The van der Waals surface area contributed by atoms with Crippen LogP contribution < -0.4 is 10.5 Å². The second kappa shape index (κ2) is 9.62. The van der Waals surface area contributed by atoms with Crippen LogP contribution in [0.2, 0.25) is 0 Å². The summed E-state index contributed by atoms with van der Waals surface area (Å²) in [4.78, 5) is 21.5. The number of aromatic nitrogens is 2. The van der Waals surface area contributed by atoms with E-state index in [1.165, 1.54) is 22.3 Å². The van der Waals surface area contributed by atoms with Crippen LogP contribution >= 0.6 is 0 Å². The molecule has 1 aliphatic heterocycles. The zero-order valence-corrected chi connectivity index (χ0v) is 25.3. The van der Waals surface area contributed by atoms with Crippen molar-refractivity contribution in [2.45, 2.75) is 5.41 Å². The molecule has 220 valence electrons. The summed E-state index contributed by atoms with van der Waals surface area (Å²) in [6.45, 7) is 0. The number of imidazole rings is 1. The number of anilines is 3. The van der Waals surface area contributed by atoms with E-state index < -0.39 is 5.41 Å². The number of fused-ring (bicyclic) bond motifs is 6. The molecule has 9 aromatic rings. The number of para-hydroxylation sites is 4. The smallest absolute Gasteiger partial charge is 0.264 e. The molecule has 0 N–H and O–H groups in total. The normalized spacial score (nSPS) is 13.7. The average Bonchev–Trinajstić information content (AvgIpc) is 3.54. The third-order valence-corrected chi connectivity index (χ3v) is 10.0. The molecule has 1 aliphatic rings. The molecule has 0 spiro atoms. The van der Waals surface area contributed by atoms with E-state index in [0.717, 1.165) is 44.3 Å². The monoisotopic (exact) mass is 601 g/mol. The molecule has 0 saturated carbocycles. The van der Waals surface area contributed by atoms with Gasteiger partial charge in [0.1, 0.15) is 5.65 Å². The Morgan fingerprint density at radius 1 is 0.468 bits per heavy atom. The number of rotatable bonds is 3. The zero-order valence-electron chi connectivity index (χ0n) is 25.3. The fraction of sp³-hybridized carbons (Fsp3) is 0.0233. The fourth-order valence-electron chi connectivity index (χ4n) is 8.15. The zero-order chi connectivity index (χ0) is 31.1. The van der Waals surface area contributed by atoms with Gasteiger partial charge < -0.3 is 4.90 Å². The van der Waals surface area contributed by atoms with E-state index in [1.54, 1.807) is 4.40 Å². The van der Waals surface area contributed by atoms with Crippen LogP contribution in [0.15, 0.2) is 169 Å². The van der Waals surface area contributed by atoms with Gasteiger partial charge in [0.05, 0.1) is 33.5 Å². The third kappa shape index (κ3) is 3.36. The van der Waals surface area contributed by atoms with Gasteiger partial charge in [-0.05, 0) is 64.7 Å². The van der Waals surface area contributed by atoms with Gasteiger partial charge in [0.25, 0.3) is 5.56 Å². The summed E-state index contributed by atoms with van der Waals surface area (Å²) in [7, 11) is 0. The first-order valence-electron chi connectivity index (χ1n) is 16.0. The highest BCUT2D eigenvalue weighted by atomic mass is 16.1. The van der Waals surface area contributed by atoms with E-state index in [4.69, 9.17) is 4.98 Å². The van der Waals surface area contributed by atoms with E-state index in [0.29, 0.717) is 11.0 Å². The molecule has 4 nitrogen and oxygen atoms in total. The molecule has 3 heterocycles. The van der Waals surface area contributed by atoms with Gasteiger partial charge in [-0.1, -0.05) is 121 Å². The minimum absolute atomic E-state index is 0.0458. The molecular formula is C43H27N3O. The fourth-order valence-corrected chi connectivity index (χ4v) is 8.15. The lowest BCUT2D eigenvalue weighted by Gasteiger charge is -2.46. The van der Waals surface area contributed by atoms with Crippen LogP contribution in [0.3, 0.4) is 0 Å². The van der Waals surface area contributed by atoms with E-state index in [2.05, 4.69) is 132 Å². The lowest BCUT2D eigenvalue weighted by molar-refractivity contribution is 0.731. The van der Waals surface area contributed by atoms with Gasteiger partial charge in [-0.3, -0.25) is 9.20 Å². The standard InChI is InChI=1S/C43H27N3O/c47-42-32-19-13-18-30-36(27-26-31(40(30)32)41-44-35-22-9-12-25-39(35)46(41)42)45-37-23-10-7-20-33(37)43(28-14-3-1-4-15-28,29-16-5-2-6-17-29)34-21-8-11-24-38(34)45/h1-27H. The first-order valence-corrected chi connectivity index (χ1v) is 16.0. The molecule has 7 aromatic carbocycles. The minimum atomic E-state index is -0.542. The van der Waals surface area contributed by atoms with E-state index in [1.807, 2.05) is 36.4 Å². The van der Waals surface area contributed by atoms with E-state index in [9.17, 15) is 4.79 Å². The number of hydrogen-bond donors (Lipinski definition) is 0. The molecule has 0 bridgehead atoms. The van der Waals surface area contributed by atoms with Crippen molar-refractivity contribution in [2.75, 3.05) is 4.90 Å². The molecule has 0 radical (unpaired) electrons. The Hall–Kier alpha value is -6.26. The van der Waals surface area contributed by atoms with Crippen LogP contribution in [0.5, 0.6) is 0 Å². The number of hydrogen-bond acceptors (Lipinski definition) is 3. The maximum Gasteiger partial charge on any atom is 0.264 e. The van der Waals surface area contributed by atoms with Crippen LogP contribution in [0.4, 0.5) is 17.1 Å². The number of benzene rings is 7. The molecular weight excluding hydrogens is 574 g/mol. The molecule has 0 unspecified atom stereocenters. The lowest BCUT2D eigenvalue weighted by Crippen LogP contribution is -2.37. The molecule has 0 amide bonds. The first-order chi connectivity index (χ1) is 23.3. The number of pyridine rings is 1. The van der Waals surface area contributed by atoms with Crippen molar-refractivity contribution in [1.29, 1.82) is 0 Å². The van der Waals surface area contributed by atoms with Crippen molar-refractivity contribution in [3.8, 4) is 0 Å². The van der Waals surface area contributed by atoms with Crippen molar-refractivity contribution in [3.63, 3.8) is 0 Å². The summed E-state index contributed by atoms with van der Waals surface area (Å²) in [5, 5.41) is 3.62. The molecule has 47 heavy (non-hydrogen) atoms. The highest BCUT2D eigenvalue weighted by Crippen LogP contribution is 2.58. The van der Waals surface area contributed by atoms with Gasteiger partial charge in [-0.2, -0.15) is 0 Å². The van der Waals surface area contributed by atoms with Gasteiger partial charge >= 0.3 is 0 Å². The Labute approximate surface area is 270 Å². The second-order valence-electron chi connectivity index (χ2n) is 12.3. The predicted molar refractivity (Wildman–Crippen MR) is 192 cm³/mol. The molecule has 0 aliphatic carbocycles. The van der Waals surface area contributed by atoms with E-state index in [-0.39, 0.29) is 5.56 Å². The molecule has 10 rings (SSSR count). The van der Waals surface area contributed by atoms with Crippen molar-refractivity contribution in [1.82, 2.24) is 9.38 Å². The Kier molecular flexibility index (Phi) is 5.32. The quantitative estimate of drug-likeness (QED) is 0.202. The van der Waals surface area contributed by atoms with Crippen LogP contribution in [-0.4, -0.2) is 9.38 Å². The Bertz CT molecular complexity index is 2630. The SMILES string of the molecule is O=c1c2cccc3c(N4c5ccccc5C(c5ccccc5)(c5ccccc5)c5ccccc54)ccc(c32)c2nc3ccccc3n12. The van der Waals surface area contributed by atoms with Gasteiger partial charge in [-0.25, -0.2) is 4.98 Å². The summed E-state index contributed by atoms with van der Waals surface area (Å²) in [6, 6.07) is 57.5. The summed E-state index contributed by atoms with van der Waals surface area (Å²) < 4.78 is 1.77. The van der Waals surface area contributed by atoms with Crippen LogP contribution in [0.25, 0.3) is 38.2 Å². The third-order valence-electron chi connectivity index (χ3n) is 10.0. The number of nitrogens with zero attached hydrogens (tertiary/aromatic N) is 3. The molecule has 0 atom stereocenters. The van der Waals surface area contributed by atoms with Crippen molar-refractivity contribution in [2.24, 2.45) is 0 Å². The predicted octanol–water partition coefficient (Wildman–Crippen LogP) is 9.76. The molecule has 2 aromatic heterocycles. The Morgan fingerprint density at radius 2 is 1.04 bits per heavy atom. The van der Waals surface area contributed by atoms with Gasteiger partial charge in [0, 0.05) is 21.5 Å². The highest BCUT2D eigenvalue weighted by molar-refractivity contribution is 6.20. The van der Waals surface area contributed by atoms with Gasteiger partial charge in [0.15, 0.2) is 0 Å². The van der Waals surface area contributed by atoms with Gasteiger partial charge in [-0.15, -0.1) is 0 Å². The molecule has 0 saturated heterocycles. The largest absolute Gasteiger partial charge is 0.309 e. The summed E-state index contributed by atoms with van der Waals surface area (Å²) in [5.74, 6) is 0. The van der Waals surface area contributed by atoms with Crippen LogP contribution in [0, 0.1) is 0 Å². The summed E-state index contributed by atoms with van der Waals surface area (Å²) >= 11 is 0. The minimum Gasteiger partial charge on any atom is -0.309 e. The maximum atomic E-state index is 14.2. The topological polar surface area (TPSA) is 37.6 Å². The van der Waals surface area contributed by atoms with Gasteiger partial charge in [0.2, 0.25) is 0 Å². The summed E-state index contributed by atoms with van der Waals surface area (Å²) in [6.07, 6.45) is 0. The first kappa shape index (κ1) is 26.0. The highest BCUT2D eigenvalue weighted by Gasteiger charge is 2.46. The summed E-state index contributed by atoms with van der Waals surface area (Å²) in [5.41, 5.74) is 9.82. The van der Waals surface area contributed by atoms with E-state index >= 15 is 0 Å². The molecule has 0 fully saturated rings. The van der Waals surface area contributed by atoms with Crippen molar-refractivity contribution in [3.05, 3.63) is 196 Å². The second-order valence-corrected chi connectivity index (χ2v) is 12.3. The van der Waals surface area contributed by atoms with Crippen molar-refractivity contribution < 1.29 is 0 Å². The van der Waals surface area contributed by atoms with Crippen LogP contribution in [-0.2, 0) is 5.41 Å². The Morgan fingerprint density at radius 3 is 1.72 bits per heavy atom. The Balaban J connectivity index is 1.33. The average molecular weight is 602 g/mol. The molecule has 4 heteroatoms.